The van der Waals surface area contributed by atoms with Gasteiger partial charge in [0.1, 0.15) is 36.3 Å². The van der Waals surface area contributed by atoms with Crippen LogP contribution in [0.4, 0.5) is 0 Å². The van der Waals surface area contributed by atoms with E-state index in [4.69, 9.17) is 42.6 Å². The van der Waals surface area contributed by atoms with E-state index in [1.165, 1.54) is 0 Å². The minimum atomic E-state index is -0.951. The molecule has 10 aliphatic rings. The van der Waals surface area contributed by atoms with Gasteiger partial charge in [0, 0.05) is 51.6 Å². The third kappa shape index (κ3) is 6.59. The Hall–Kier alpha value is -1.29. The molecule has 10 rings (SSSR count). The maximum absolute atomic E-state index is 14.0. The molecule has 19 atom stereocenters. The summed E-state index contributed by atoms with van der Waals surface area (Å²) < 4.78 is 59.8. The molecular formula is C40H58O12. The van der Waals surface area contributed by atoms with Gasteiger partial charge in [-0.1, -0.05) is 20.1 Å². The van der Waals surface area contributed by atoms with Gasteiger partial charge in [0.25, 0.3) is 0 Å². The third-order valence-electron chi connectivity index (χ3n) is 13.9. The summed E-state index contributed by atoms with van der Waals surface area (Å²) in [5, 5.41) is 20.1. The summed E-state index contributed by atoms with van der Waals surface area (Å²) in [6.45, 7) is 10.7. The van der Waals surface area contributed by atoms with E-state index in [-0.39, 0.29) is 123 Å². The highest BCUT2D eigenvalue weighted by atomic mass is 16.8. The van der Waals surface area contributed by atoms with Crippen LogP contribution in [0.15, 0.2) is 24.3 Å². The molecule has 12 bridgehead atoms. The maximum atomic E-state index is 14.0. The Bertz CT molecular complexity index is 1370. The normalized spacial score (nSPS) is 52.4. The zero-order valence-corrected chi connectivity index (χ0v) is 30.7. The van der Waals surface area contributed by atoms with Crippen LogP contribution in [0, 0.1) is 11.8 Å². The monoisotopic (exact) mass is 730 g/mol. The van der Waals surface area contributed by atoms with E-state index in [2.05, 4.69) is 20.1 Å². The lowest BCUT2D eigenvalue weighted by molar-refractivity contribution is -0.292. The Morgan fingerprint density at radius 2 is 1.54 bits per heavy atom. The van der Waals surface area contributed by atoms with Crippen molar-refractivity contribution in [2.45, 2.75) is 194 Å². The average Bonchev–Trinajstić information content (AvgIpc) is 3.79. The molecule has 0 amide bonds. The first-order valence-electron chi connectivity index (χ1n) is 20.1. The van der Waals surface area contributed by atoms with E-state index < -0.39 is 24.1 Å². The minimum Gasteiger partial charge on any atom is -0.394 e. The van der Waals surface area contributed by atoms with Gasteiger partial charge in [-0.25, -0.2) is 0 Å². The van der Waals surface area contributed by atoms with Gasteiger partial charge in [-0.05, 0) is 62.0 Å². The van der Waals surface area contributed by atoms with Crippen molar-refractivity contribution in [1.82, 2.24) is 0 Å². The number of methoxy groups -OCH3 is 1. The molecule has 52 heavy (non-hydrogen) atoms. The number of Topliss-reactive ketones (excluding diaryl/α,β-unsaturated/α-hetero) is 1. The Labute approximate surface area is 306 Å². The van der Waals surface area contributed by atoms with Gasteiger partial charge in [-0.3, -0.25) is 4.79 Å². The lowest BCUT2D eigenvalue weighted by atomic mass is 9.81. The first-order chi connectivity index (χ1) is 25.1. The number of aliphatic hydroxyl groups excluding tert-OH is 2. The minimum absolute atomic E-state index is 0.0260. The van der Waals surface area contributed by atoms with Crippen LogP contribution >= 0.6 is 0 Å². The van der Waals surface area contributed by atoms with Crippen LogP contribution in [-0.4, -0.2) is 133 Å². The molecule has 0 aromatic carbocycles. The molecule has 0 radical (unpaired) electrons. The molecule has 10 aliphatic heterocycles. The van der Waals surface area contributed by atoms with Crippen molar-refractivity contribution in [3.05, 3.63) is 24.3 Å². The zero-order chi connectivity index (χ0) is 35.9. The Morgan fingerprint density at radius 1 is 0.788 bits per heavy atom. The summed E-state index contributed by atoms with van der Waals surface area (Å²) in [6, 6.07) is 0. The topological polar surface area (TPSA) is 141 Å². The predicted octanol–water partition coefficient (Wildman–Crippen LogP) is 3.47. The summed E-state index contributed by atoms with van der Waals surface area (Å²) in [6.07, 6.45) is 4.01. The lowest BCUT2D eigenvalue weighted by Gasteiger charge is -2.47. The molecule has 10 heterocycles. The molecule has 0 aliphatic carbocycles. The van der Waals surface area contributed by atoms with E-state index in [0.717, 1.165) is 49.7 Å². The number of ether oxygens (including phenoxy) is 9. The van der Waals surface area contributed by atoms with E-state index in [1.54, 1.807) is 7.11 Å². The molecule has 0 aromatic heterocycles. The van der Waals surface area contributed by atoms with Gasteiger partial charge in [0.2, 0.25) is 0 Å². The molecule has 1 spiro atoms. The molecule has 0 saturated carbocycles. The van der Waals surface area contributed by atoms with Gasteiger partial charge >= 0.3 is 0 Å². The van der Waals surface area contributed by atoms with Crippen LogP contribution in [0.2, 0.25) is 0 Å². The molecule has 10 fully saturated rings. The van der Waals surface area contributed by atoms with Crippen molar-refractivity contribution < 1.29 is 57.6 Å². The summed E-state index contributed by atoms with van der Waals surface area (Å²) >= 11 is 0. The second-order valence-electron chi connectivity index (χ2n) is 17.4. The van der Waals surface area contributed by atoms with Crippen molar-refractivity contribution in [1.29, 1.82) is 0 Å². The van der Waals surface area contributed by atoms with Crippen LogP contribution in [-0.2, 0) is 47.4 Å². The quantitative estimate of drug-likeness (QED) is 0.410. The molecular weight excluding hydrogens is 672 g/mol. The number of rotatable bonds is 4. The number of carbonyl (C=O) groups excluding carboxylic acids is 1. The molecule has 2 N–H and O–H groups in total. The average molecular weight is 731 g/mol. The largest absolute Gasteiger partial charge is 0.394 e. The number of ketones is 1. The molecule has 10 saturated heterocycles. The number of fused-ring (bicyclic) bond motifs is 6. The van der Waals surface area contributed by atoms with Crippen LogP contribution in [0.5, 0.6) is 0 Å². The second kappa shape index (κ2) is 14.3. The van der Waals surface area contributed by atoms with Gasteiger partial charge in [-0.15, -0.1) is 0 Å². The predicted molar refractivity (Wildman–Crippen MR) is 184 cm³/mol. The molecule has 12 nitrogen and oxygen atoms in total. The fourth-order valence-corrected chi connectivity index (χ4v) is 11.3. The van der Waals surface area contributed by atoms with Crippen molar-refractivity contribution >= 4 is 5.78 Å². The highest BCUT2D eigenvalue weighted by Gasteiger charge is 2.68. The first-order valence-corrected chi connectivity index (χ1v) is 20.1. The number of carbonyl (C=O) groups is 1. The Balaban J connectivity index is 0.994. The van der Waals surface area contributed by atoms with Crippen LogP contribution in [0.25, 0.3) is 0 Å². The highest BCUT2D eigenvalue weighted by molar-refractivity contribution is 5.79. The van der Waals surface area contributed by atoms with Crippen molar-refractivity contribution in [2.75, 3.05) is 13.7 Å². The summed E-state index contributed by atoms with van der Waals surface area (Å²) in [7, 11) is 1.63. The first kappa shape index (κ1) is 36.4. The maximum Gasteiger partial charge on any atom is 0.172 e. The fraction of sp³-hybridized carbons (Fsp3) is 0.875. The SMILES string of the molecule is C=C1CC2CC[C@@]34C[C@H]5OC6C(O3)[C@H]3OC(CCC3O[C@H]6[C@@H]5O4)CC(=O)CC3C(CC4OC(CCC1O2)C[C@@H](C)C4=C)OC(CC(O)CO)[C@@H]3OC. The van der Waals surface area contributed by atoms with Gasteiger partial charge in [-0.2, -0.15) is 0 Å². The zero-order valence-electron chi connectivity index (χ0n) is 30.7. The highest BCUT2D eigenvalue weighted by Crippen LogP contribution is 2.54. The number of hydrogen-bond donors (Lipinski definition) is 2. The van der Waals surface area contributed by atoms with E-state index in [0.29, 0.717) is 25.7 Å². The van der Waals surface area contributed by atoms with Crippen LogP contribution < -0.4 is 0 Å². The van der Waals surface area contributed by atoms with Gasteiger partial charge < -0.3 is 52.8 Å². The molecule has 12 unspecified atom stereocenters. The van der Waals surface area contributed by atoms with Gasteiger partial charge in [0.05, 0.1) is 73.8 Å². The summed E-state index contributed by atoms with van der Waals surface area (Å²) in [5.41, 5.74) is 2.17. The standard InChI is InChI=1S/C40H58O12/c1-19-11-24-5-7-28-20(2)12-26(45-28)9-10-40-17-33-36(51-40)37-38(50-33)39(52-40)35-29(49-37)8-6-25(47-35)13-22(42)14-27-31(16-30(46-24)21(19)3)48-32(34(27)44-4)15-23(43)18-41/h19,23-39,41,43H,2-3,5-18H2,1,4H3/t19-,23?,24?,25?,26?,27?,28?,29?,30?,31?,32?,33-,34-,35+,36-,37+,38?,39?,40+/m1/s1. The summed E-state index contributed by atoms with van der Waals surface area (Å²) in [5.74, 6) is -0.709. The van der Waals surface area contributed by atoms with Crippen LogP contribution in [0.1, 0.15) is 90.4 Å². The fourth-order valence-electron chi connectivity index (χ4n) is 11.3. The van der Waals surface area contributed by atoms with Gasteiger partial charge in [0.15, 0.2) is 5.79 Å². The number of hydrogen-bond acceptors (Lipinski definition) is 12. The van der Waals surface area contributed by atoms with Crippen LogP contribution in [0.3, 0.4) is 0 Å². The molecule has 290 valence electrons. The smallest absolute Gasteiger partial charge is 0.172 e. The molecule has 12 heteroatoms. The van der Waals surface area contributed by atoms with E-state index in [9.17, 15) is 15.0 Å². The summed E-state index contributed by atoms with van der Waals surface area (Å²) in [4.78, 5) is 14.0. The van der Waals surface area contributed by atoms with Crippen molar-refractivity contribution in [2.24, 2.45) is 11.8 Å². The number of aliphatic hydroxyl groups is 2. The second-order valence-corrected chi connectivity index (χ2v) is 17.4. The van der Waals surface area contributed by atoms with E-state index in [1.807, 2.05) is 0 Å². The Kier molecular flexibility index (Phi) is 10.0. The Morgan fingerprint density at radius 3 is 2.37 bits per heavy atom. The molecule has 0 aromatic rings. The third-order valence-corrected chi connectivity index (χ3v) is 13.9. The van der Waals surface area contributed by atoms with Crippen molar-refractivity contribution in [3.8, 4) is 0 Å². The van der Waals surface area contributed by atoms with E-state index >= 15 is 0 Å². The lowest BCUT2D eigenvalue weighted by Crippen LogP contribution is -2.61. The van der Waals surface area contributed by atoms with Crippen molar-refractivity contribution in [3.63, 3.8) is 0 Å².